The lowest BCUT2D eigenvalue weighted by atomic mass is 10.0. The summed E-state index contributed by atoms with van der Waals surface area (Å²) in [6, 6.07) is 21.5. The van der Waals surface area contributed by atoms with Gasteiger partial charge in [0, 0.05) is 36.0 Å². The summed E-state index contributed by atoms with van der Waals surface area (Å²) >= 11 is 0. The summed E-state index contributed by atoms with van der Waals surface area (Å²) < 4.78 is 0. The van der Waals surface area contributed by atoms with Crippen LogP contribution in [0.15, 0.2) is 83.9 Å². The van der Waals surface area contributed by atoms with Gasteiger partial charge in [-0.15, -0.1) is 0 Å². The molecule has 1 heterocycles. The zero-order valence-electron chi connectivity index (χ0n) is 17.1. The fourth-order valence-corrected chi connectivity index (χ4v) is 3.40. The van der Waals surface area contributed by atoms with Crippen molar-refractivity contribution in [3.05, 3.63) is 100 Å². The number of hydrogen-bond donors (Lipinski definition) is 2. The van der Waals surface area contributed by atoms with Crippen LogP contribution in [-0.2, 0) is 4.79 Å². The number of amides is 3. The van der Waals surface area contributed by atoms with E-state index in [1.54, 1.807) is 7.05 Å². The fourth-order valence-electron chi connectivity index (χ4n) is 3.40. The molecular weight excluding hydrogens is 410 g/mol. The molecule has 0 radical (unpaired) electrons. The van der Waals surface area contributed by atoms with E-state index in [0.717, 1.165) is 11.1 Å². The van der Waals surface area contributed by atoms with Gasteiger partial charge < -0.3 is 15.5 Å². The molecule has 1 aliphatic heterocycles. The number of nitro groups is 1. The molecular formula is C23H19N5O4. The number of non-ortho nitro benzene ring substituents is 1. The Morgan fingerprint density at radius 2 is 1.66 bits per heavy atom. The predicted octanol–water partition coefficient (Wildman–Crippen LogP) is 3.56. The molecule has 32 heavy (non-hydrogen) atoms. The lowest BCUT2D eigenvalue weighted by Gasteiger charge is -2.21. The van der Waals surface area contributed by atoms with Crippen molar-refractivity contribution in [3.63, 3.8) is 0 Å². The number of benzodiazepines with no additional fused rings is 1. The Balaban J connectivity index is 1.63. The van der Waals surface area contributed by atoms with Crippen molar-refractivity contribution in [2.75, 3.05) is 17.3 Å². The lowest BCUT2D eigenvalue weighted by Crippen LogP contribution is -2.47. The summed E-state index contributed by atoms with van der Waals surface area (Å²) in [5.74, 6) is -0.401. The van der Waals surface area contributed by atoms with E-state index in [0.29, 0.717) is 17.1 Å². The molecule has 2 N–H and O–H groups in total. The molecule has 9 heteroatoms. The normalized spacial score (nSPS) is 15.3. The Labute approximate surface area is 183 Å². The molecule has 9 nitrogen and oxygen atoms in total. The number of benzene rings is 3. The molecule has 3 aromatic carbocycles. The maximum absolute atomic E-state index is 13.1. The Kier molecular flexibility index (Phi) is 5.63. The maximum Gasteiger partial charge on any atom is 0.321 e. The molecule has 160 valence electrons. The molecule has 4 rings (SSSR count). The van der Waals surface area contributed by atoms with Crippen molar-refractivity contribution in [2.24, 2.45) is 4.99 Å². The molecule has 1 aliphatic rings. The van der Waals surface area contributed by atoms with Crippen LogP contribution in [0.4, 0.5) is 21.9 Å². The van der Waals surface area contributed by atoms with Crippen LogP contribution >= 0.6 is 0 Å². The van der Waals surface area contributed by atoms with Crippen LogP contribution in [0.2, 0.25) is 0 Å². The highest BCUT2D eigenvalue weighted by Gasteiger charge is 2.30. The standard InChI is InChI=1S/C23H19N5O4/c1-27-19-10-6-5-9-18(19)20(15-7-3-2-4-8-15)25-21(22(27)29)26-23(30)24-16-11-13-17(14-12-16)28(31)32/h2-14,21H,1H3,(H2,24,26,30)/t21-/m0/s1. The van der Waals surface area contributed by atoms with Gasteiger partial charge in [0.2, 0.25) is 6.17 Å². The predicted molar refractivity (Wildman–Crippen MR) is 121 cm³/mol. The fraction of sp³-hybridized carbons (Fsp3) is 0.0870. The number of rotatable bonds is 4. The van der Waals surface area contributed by atoms with Crippen LogP contribution in [0, 0.1) is 10.1 Å². The van der Waals surface area contributed by atoms with Gasteiger partial charge in [0.1, 0.15) is 0 Å². The Morgan fingerprint density at radius 1 is 1.00 bits per heavy atom. The average molecular weight is 429 g/mol. The minimum absolute atomic E-state index is 0.0913. The smallest absolute Gasteiger partial charge is 0.311 e. The highest BCUT2D eigenvalue weighted by molar-refractivity contribution is 6.20. The second-order valence-electron chi connectivity index (χ2n) is 7.06. The summed E-state index contributed by atoms with van der Waals surface area (Å²) in [7, 11) is 1.63. The third-order valence-corrected chi connectivity index (χ3v) is 4.99. The quantitative estimate of drug-likeness (QED) is 0.487. The van der Waals surface area contributed by atoms with Gasteiger partial charge in [-0.2, -0.15) is 0 Å². The Hall–Kier alpha value is -4.53. The average Bonchev–Trinajstić information content (AvgIpc) is 2.91. The molecule has 3 amide bonds. The molecule has 0 spiro atoms. The monoisotopic (exact) mass is 429 g/mol. The highest BCUT2D eigenvalue weighted by atomic mass is 16.6. The van der Waals surface area contributed by atoms with Gasteiger partial charge in [0.25, 0.3) is 11.6 Å². The van der Waals surface area contributed by atoms with Crippen molar-refractivity contribution in [1.82, 2.24) is 5.32 Å². The van der Waals surface area contributed by atoms with E-state index in [9.17, 15) is 19.7 Å². The van der Waals surface area contributed by atoms with Crippen LogP contribution in [0.1, 0.15) is 11.1 Å². The van der Waals surface area contributed by atoms with Crippen molar-refractivity contribution in [3.8, 4) is 0 Å². The molecule has 0 bridgehead atoms. The van der Waals surface area contributed by atoms with Gasteiger partial charge in [0.05, 0.1) is 16.3 Å². The molecule has 0 saturated carbocycles. The third-order valence-electron chi connectivity index (χ3n) is 4.99. The van der Waals surface area contributed by atoms with Crippen LogP contribution in [0.5, 0.6) is 0 Å². The van der Waals surface area contributed by atoms with Crippen LogP contribution < -0.4 is 15.5 Å². The van der Waals surface area contributed by atoms with E-state index in [4.69, 9.17) is 0 Å². The summed E-state index contributed by atoms with van der Waals surface area (Å²) in [5.41, 5.74) is 3.10. The number of para-hydroxylation sites is 1. The van der Waals surface area contributed by atoms with Gasteiger partial charge in [-0.05, 0) is 18.2 Å². The van der Waals surface area contributed by atoms with E-state index in [2.05, 4.69) is 15.6 Å². The van der Waals surface area contributed by atoms with Crippen LogP contribution in [0.3, 0.4) is 0 Å². The van der Waals surface area contributed by atoms with Gasteiger partial charge in [-0.25, -0.2) is 9.79 Å². The minimum Gasteiger partial charge on any atom is -0.311 e. The molecule has 0 aromatic heterocycles. The third kappa shape index (κ3) is 4.17. The minimum atomic E-state index is -1.17. The largest absolute Gasteiger partial charge is 0.321 e. The lowest BCUT2D eigenvalue weighted by molar-refractivity contribution is -0.384. The van der Waals surface area contributed by atoms with Crippen molar-refractivity contribution in [2.45, 2.75) is 6.17 Å². The number of nitro benzene ring substituents is 1. The molecule has 0 unspecified atom stereocenters. The number of nitrogens with zero attached hydrogens (tertiary/aromatic N) is 3. The summed E-state index contributed by atoms with van der Waals surface area (Å²) in [4.78, 5) is 42.0. The van der Waals surface area contributed by atoms with E-state index in [1.165, 1.54) is 29.2 Å². The number of carbonyl (C=O) groups excluding carboxylic acids is 2. The number of carbonyl (C=O) groups is 2. The Morgan fingerprint density at radius 3 is 2.34 bits per heavy atom. The number of hydrogen-bond acceptors (Lipinski definition) is 5. The van der Waals surface area contributed by atoms with E-state index in [-0.39, 0.29) is 5.69 Å². The molecule has 3 aromatic rings. The summed E-state index contributed by atoms with van der Waals surface area (Å²) in [5, 5.41) is 16.0. The van der Waals surface area contributed by atoms with E-state index in [1.807, 2.05) is 54.6 Å². The zero-order chi connectivity index (χ0) is 22.7. The number of likely N-dealkylation sites (N-methyl/N-ethyl adjacent to an activating group) is 1. The number of urea groups is 1. The summed E-state index contributed by atoms with van der Waals surface area (Å²) in [6.07, 6.45) is -1.17. The maximum atomic E-state index is 13.1. The van der Waals surface area contributed by atoms with Gasteiger partial charge in [-0.1, -0.05) is 48.5 Å². The van der Waals surface area contributed by atoms with Gasteiger partial charge in [0.15, 0.2) is 0 Å². The summed E-state index contributed by atoms with van der Waals surface area (Å²) in [6.45, 7) is 0. The SMILES string of the molecule is CN1C(=O)[C@H](NC(=O)Nc2ccc([N+](=O)[O-])cc2)N=C(c2ccccc2)c2ccccc21. The first-order chi connectivity index (χ1) is 15.4. The Bertz CT molecular complexity index is 1210. The zero-order valence-corrected chi connectivity index (χ0v) is 17.1. The van der Waals surface area contributed by atoms with Crippen LogP contribution in [0.25, 0.3) is 0 Å². The van der Waals surface area contributed by atoms with Crippen molar-refractivity contribution < 1.29 is 14.5 Å². The number of fused-ring (bicyclic) bond motifs is 1. The molecule has 0 fully saturated rings. The highest BCUT2D eigenvalue weighted by Crippen LogP contribution is 2.27. The van der Waals surface area contributed by atoms with Crippen LogP contribution in [-0.4, -0.2) is 35.8 Å². The second-order valence-corrected chi connectivity index (χ2v) is 7.06. The van der Waals surface area contributed by atoms with E-state index < -0.39 is 23.0 Å². The van der Waals surface area contributed by atoms with Gasteiger partial charge in [-0.3, -0.25) is 14.9 Å². The van der Waals surface area contributed by atoms with Crippen molar-refractivity contribution >= 4 is 34.7 Å². The van der Waals surface area contributed by atoms with E-state index >= 15 is 0 Å². The molecule has 1 atom stereocenters. The first-order valence-corrected chi connectivity index (χ1v) is 9.76. The number of anilines is 2. The van der Waals surface area contributed by atoms with Crippen molar-refractivity contribution in [1.29, 1.82) is 0 Å². The van der Waals surface area contributed by atoms with Gasteiger partial charge >= 0.3 is 6.03 Å². The topological polar surface area (TPSA) is 117 Å². The number of nitrogens with one attached hydrogen (secondary N) is 2. The molecule has 0 aliphatic carbocycles. The molecule has 0 saturated heterocycles. The second kappa shape index (κ2) is 8.68. The first-order valence-electron chi connectivity index (χ1n) is 9.76. The first kappa shape index (κ1) is 20.7. The number of aliphatic imine (C=N–C) groups is 1.